The standard InChI is InChI=1S/C29H29F3N2O4S/c1-3-38-26(17-8-5-4-6-9-17)20-11-7-10-19(25(20)32)24-15-39-29(33-24)34-27(35)18-13-22(30)21(23(31)14-18)12-16(2)28(36)37/h7,10-15,17,26H,3-6,8-9H2,1-2H3,(H,36,37)(H,33,34,35)/b16-12+. The summed E-state index contributed by atoms with van der Waals surface area (Å²) in [4.78, 5) is 28.0. The first-order chi connectivity index (χ1) is 18.7. The smallest absolute Gasteiger partial charge is 0.331 e. The van der Waals surface area contributed by atoms with Crippen LogP contribution in [0.2, 0.25) is 0 Å². The molecule has 1 fully saturated rings. The lowest BCUT2D eigenvalue weighted by Gasteiger charge is -2.30. The summed E-state index contributed by atoms with van der Waals surface area (Å²) < 4.78 is 50.7. The minimum atomic E-state index is -1.32. The average molecular weight is 559 g/mol. The molecule has 0 saturated heterocycles. The Balaban J connectivity index is 1.55. The van der Waals surface area contributed by atoms with Crippen LogP contribution in [0.1, 0.15) is 73.5 Å². The summed E-state index contributed by atoms with van der Waals surface area (Å²) in [5.74, 6) is -4.48. The van der Waals surface area contributed by atoms with E-state index in [-0.39, 0.29) is 33.9 Å². The van der Waals surface area contributed by atoms with Gasteiger partial charge >= 0.3 is 5.97 Å². The van der Waals surface area contributed by atoms with Crippen molar-refractivity contribution in [3.63, 3.8) is 0 Å². The largest absolute Gasteiger partial charge is 0.478 e. The molecule has 4 rings (SSSR count). The number of aromatic nitrogens is 1. The zero-order valence-electron chi connectivity index (χ0n) is 21.6. The number of hydrogen-bond donors (Lipinski definition) is 2. The molecule has 0 aliphatic heterocycles. The van der Waals surface area contributed by atoms with Gasteiger partial charge in [-0.05, 0) is 56.9 Å². The van der Waals surface area contributed by atoms with Gasteiger partial charge in [0.2, 0.25) is 0 Å². The molecule has 1 heterocycles. The second-order valence-corrected chi connectivity index (χ2v) is 10.3. The molecule has 1 saturated carbocycles. The molecular weight excluding hydrogens is 529 g/mol. The molecule has 6 nitrogen and oxygen atoms in total. The normalized spacial score (nSPS) is 15.3. The maximum Gasteiger partial charge on any atom is 0.331 e. The van der Waals surface area contributed by atoms with Crippen LogP contribution < -0.4 is 5.32 Å². The van der Waals surface area contributed by atoms with Gasteiger partial charge in [0.05, 0.1) is 11.8 Å². The van der Waals surface area contributed by atoms with E-state index in [0.717, 1.165) is 55.2 Å². The Morgan fingerprint density at radius 2 is 1.87 bits per heavy atom. The van der Waals surface area contributed by atoms with Gasteiger partial charge in [0, 0.05) is 39.8 Å². The molecule has 2 aromatic carbocycles. The van der Waals surface area contributed by atoms with E-state index in [1.54, 1.807) is 23.6 Å². The van der Waals surface area contributed by atoms with Crippen molar-refractivity contribution >= 4 is 34.4 Å². The number of aliphatic carboxylic acids is 1. The van der Waals surface area contributed by atoms with Gasteiger partial charge in [-0.2, -0.15) is 0 Å². The van der Waals surface area contributed by atoms with Crippen LogP contribution in [-0.4, -0.2) is 28.6 Å². The molecule has 1 unspecified atom stereocenters. The van der Waals surface area contributed by atoms with Gasteiger partial charge < -0.3 is 9.84 Å². The molecule has 206 valence electrons. The number of carboxylic acids is 1. The van der Waals surface area contributed by atoms with Crippen molar-refractivity contribution in [2.45, 2.75) is 52.1 Å². The molecule has 2 N–H and O–H groups in total. The number of hydrogen-bond acceptors (Lipinski definition) is 5. The number of carboxylic acid groups (broad SMARTS) is 1. The fourth-order valence-electron chi connectivity index (χ4n) is 4.82. The molecule has 0 bridgehead atoms. The topological polar surface area (TPSA) is 88.5 Å². The highest BCUT2D eigenvalue weighted by Crippen LogP contribution is 2.40. The van der Waals surface area contributed by atoms with Gasteiger partial charge in [-0.25, -0.2) is 22.9 Å². The van der Waals surface area contributed by atoms with Gasteiger partial charge in [0.25, 0.3) is 5.91 Å². The van der Waals surface area contributed by atoms with Crippen LogP contribution in [0.3, 0.4) is 0 Å². The minimum Gasteiger partial charge on any atom is -0.478 e. The Bertz CT molecular complexity index is 1380. The second-order valence-electron chi connectivity index (χ2n) is 9.46. The highest BCUT2D eigenvalue weighted by atomic mass is 32.1. The first-order valence-corrected chi connectivity index (χ1v) is 13.7. The third kappa shape index (κ3) is 6.57. The van der Waals surface area contributed by atoms with Crippen molar-refractivity contribution < 1.29 is 32.6 Å². The highest BCUT2D eigenvalue weighted by Gasteiger charge is 2.29. The summed E-state index contributed by atoms with van der Waals surface area (Å²) >= 11 is 1.05. The summed E-state index contributed by atoms with van der Waals surface area (Å²) in [5, 5.41) is 13.2. The number of benzene rings is 2. The Labute approximate surface area is 228 Å². The van der Waals surface area contributed by atoms with Crippen LogP contribution in [0.25, 0.3) is 17.3 Å². The number of carbonyl (C=O) groups excluding carboxylic acids is 1. The number of thiazole rings is 1. The van der Waals surface area contributed by atoms with Crippen molar-refractivity contribution in [2.24, 2.45) is 5.92 Å². The third-order valence-corrected chi connectivity index (χ3v) is 7.56. The number of nitrogens with one attached hydrogen (secondary N) is 1. The predicted octanol–water partition coefficient (Wildman–Crippen LogP) is 7.63. The number of rotatable bonds is 9. The number of anilines is 1. The molecule has 10 heteroatoms. The van der Waals surface area contributed by atoms with Gasteiger partial charge in [-0.3, -0.25) is 10.1 Å². The maximum atomic E-state index is 15.8. The average Bonchev–Trinajstić information content (AvgIpc) is 3.38. The molecule has 39 heavy (non-hydrogen) atoms. The van der Waals surface area contributed by atoms with E-state index in [4.69, 9.17) is 9.84 Å². The molecule has 1 atom stereocenters. The monoisotopic (exact) mass is 558 g/mol. The molecule has 0 spiro atoms. The van der Waals surface area contributed by atoms with E-state index in [2.05, 4.69) is 10.3 Å². The van der Waals surface area contributed by atoms with E-state index in [1.807, 2.05) is 6.92 Å². The third-order valence-electron chi connectivity index (χ3n) is 6.80. The fourth-order valence-corrected chi connectivity index (χ4v) is 5.52. The summed E-state index contributed by atoms with van der Waals surface area (Å²) in [5.41, 5.74) is -0.0626. The summed E-state index contributed by atoms with van der Waals surface area (Å²) in [7, 11) is 0. The number of amides is 1. The van der Waals surface area contributed by atoms with E-state index < -0.39 is 34.9 Å². The number of carbonyl (C=O) groups is 2. The van der Waals surface area contributed by atoms with Gasteiger partial charge in [-0.1, -0.05) is 31.4 Å². The lowest BCUT2D eigenvalue weighted by atomic mass is 9.82. The molecule has 0 radical (unpaired) electrons. The first-order valence-electron chi connectivity index (χ1n) is 12.8. The van der Waals surface area contributed by atoms with Crippen molar-refractivity contribution in [3.05, 3.63) is 75.4 Å². The van der Waals surface area contributed by atoms with Gasteiger partial charge in [0.15, 0.2) is 5.13 Å². The van der Waals surface area contributed by atoms with Gasteiger partial charge in [0.1, 0.15) is 17.5 Å². The van der Waals surface area contributed by atoms with Crippen molar-refractivity contribution in [3.8, 4) is 11.3 Å². The lowest BCUT2D eigenvalue weighted by molar-refractivity contribution is -0.132. The second kappa shape index (κ2) is 12.6. The van der Waals surface area contributed by atoms with E-state index in [1.165, 1.54) is 13.3 Å². The summed E-state index contributed by atoms with van der Waals surface area (Å²) in [6.07, 6.45) is 5.84. The minimum absolute atomic E-state index is 0.125. The van der Waals surface area contributed by atoms with E-state index in [9.17, 15) is 18.4 Å². The van der Waals surface area contributed by atoms with Crippen molar-refractivity contribution in [1.82, 2.24) is 4.98 Å². The van der Waals surface area contributed by atoms with Crippen LogP contribution in [0.15, 0.2) is 41.3 Å². The van der Waals surface area contributed by atoms with Gasteiger partial charge in [-0.15, -0.1) is 11.3 Å². The fraction of sp³-hybridized carbons (Fsp3) is 0.345. The first kappa shape index (κ1) is 28.5. The van der Waals surface area contributed by atoms with Crippen LogP contribution >= 0.6 is 11.3 Å². The zero-order valence-corrected chi connectivity index (χ0v) is 22.4. The van der Waals surface area contributed by atoms with Crippen molar-refractivity contribution in [2.75, 3.05) is 11.9 Å². The Morgan fingerprint density at radius 1 is 1.18 bits per heavy atom. The molecule has 1 aliphatic carbocycles. The Hall–Kier alpha value is -3.50. The molecule has 1 aromatic heterocycles. The lowest BCUT2D eigenvalue weighted by Crippen LogP contribution is -2.20. The maximum absolute atomic E-state index is 15.8. The molecular formula is C29H29F3N2O4S. The summed E-state index contributed by atoms with van der Waals surface area (Å²) in [6.45, 7) is 3.56. The molecule has 1 aliphatic rings. The van der Waals surface area contributed by atoms with E-state index >= 15 is 4.39 Å². The van der Waals surface area contributed by atoms with Crippen molar-refractivity contribution in [1.29, 1.82) is 0 Å². The zero-order chi connectivity index (χ0) is 28.1. The van der Waals surface area contributed by atoms with Crippen LogP contribution in [0, 0.1) is 23.4 Å². The highest BCUT2D eigenvalue weighted by molar-refractivity contribution is 7.14. The van der Waals surface area contributed by atoms with Crippen LogP contribution in [0.5, 0.6) is 0 Å². The number of halogens is 3. The Kier molecular flexibility index (Phi) is 9.19. The summed E-state index contributed by atoms with van der Waals surface area (Å²) in [6, 6.07) is 6.74. The Morgan fingerprint density at radius 3 is 2.51 bits per heavy atom. The quantitative estimate of drug-likeness (QED) is 0.264. The number of ether oxygens (including phenoxy) is 1. The number of nitrogens with zero attached hydrogens (tertiary/aromatic N) is 1. The van der Waals surface area contributed by atoms with Crippen LogP contribution in [0.4, 0.5) is 18.3 Å². The van der Waals surface area contributed by atoms with Crippen LogP contribution in [-0.2, 0) is 9.53 Å². The SMILES string of the molecule is CCOC(c1cccc(-c2csc(NC(=O)c3cc(F)c(/C=C(\C)C(=O)O)c(F)c3)n2)c1F)C1CCCCC1. The molecule has 1 amide bonds. The molecule has 3 aromatic rings. The predicted molar refractivity (Wildman–Crippen MR) is 144 cm³/mol. The van der Waals surface area contributed by atoms with E-state index in [0.29, 0.717) is 17.9 Å².